The summed E-state index contributed by atoms with van der Waals surface area (Å²) in [5, 5.41) is 2.43. The number of hydrogen-bond donors (Lipinski definition) is 1. The highest BCUT2D eigenvalue weighted by Crippen LogP contribution is 2.37. The van der Waals surface area contributed by atoms with Crippen molar-refractivity contribution in [3.05, 3.63) is 0 Å². The summed E-state index contributed by atoms with van der Waals surface area (Å²) < 4.78 is 37.2. The number of methoxy groups -OCH3 is 2. The second-order valence-electron chi connectivity index (χ2n) is 7.62. The smallest absolute Gasteiger partial charge is 0.366 e. The van der Waals surface area contributed by atoms with Gasteiger partial charge < -0.3 is 38.5 Å². The lowest BCUT2D eigenvalue weighted by molar-refractivity contribution is -0.323. The summed E-state index contributed by atoms with van der Waals surface area (Å²) in [6.07, 6.45) is -7.81. The zero-order chi connectivity index (χ0) is 26.9. The standard InChI is InChI=1S/C21H31NO13/c1-10(23)22-9-16(32-12(3)25)18(34-14(5)27)19-17(33-13(4)26)15(31-11(2)24)8-21(30-7,35-19)20(28)29-6/h15-19H,8-9H2,1-7H3,(H,22,23)/t15-,16+,17+,18+,19+,21+/m0/s1. The second-order valence-corrected chi connectivity index (χ2v) is 7.62. The minimum absolute atomic E-state index is 0.351. The third kappa shape index (κ3) is 8.47. The second kappa shape index (κ2) is 13.0. The number of amides is 1. The fourth-order valence-electron chi connectivity index (χ4n) is 3.57. The number of carbonyl (C=O) groups excluding carboxylic acids is 6. The maximum atomic E-state index is 12.7. The van der Waals surface area contributed by atoms with Gasteiger partial charge in [0.05, 0.1) is 20.1 Å². The fraction of sp³-hybridized carbons (Fsp3) is 0.714. The van der Waals surface area contributed by atoms with Crippen LogP contribution < -0.4 is 5.32 Å². The van der Waals surface area contributed by atoms with Crippen LogP contribution in [0.3, 0.4) is 0 Å². The molecule has 0 unspecified atom stereocenters. The van der Waals surface area contributed by atoms with Gasteiger partial charge in [-0.15, -0.1) is 0 Å². The lowest BCUT2D eigenvalue weighted by Gasteiger charge is -2.47. The maximum Gasteiger partial charge on any atom is 0.366 e. The van der Waals surface area contributed by atoms with Crippen molar-refractivity contribution in [2.75, 3.05) is 20.8 Å². The average Bonchev–Trinajstić information content (AvgIpc) is 2.74. The summed E-state index contributed by atoms with van der Waals surface area (Å²) in [6.45, 7) is 5.13. The van der Waals surface area contributed by atoms with Crippen LogP contribution in [0, 0.1) is 0 Å². The summed E-state index contributed by atoms with van der Waals surface area (Å²) in [5.41, 5.74) is 0. The van der Waals surface area contributed by atoms with Crippen LogP contribution in [0.1, 0.15) is 41.0 Å². The Bertz CT molecular complexity index is 828. The van der Waals surface area contributed by atoms with E-state index < -0.39 is 78.5 Å². The molecular weight excluding hydrogens is 474 g/mol. The molecule has 1 aliphatic rings. The molecule has 6 atom stereocenters. The number of rotatable bonds is 10. The van der Waals surface area contributed by atoms with Crippen molar-refractivity contribution in [1.82, 2.24) is 5.32 Å². The van der Waals surface area contributed by atoms with Crippen molar-refractivity contribution in [2.45, 2.75) is 77.3 Å². The fourth-order valence-corrected chi connectivity index (χ4v) is 3.57. The van der Waals surface area contributed by atoms with Crippen molar-refractivity contribution in [1.29, 1.82) is 0 Å². The van der Waals surface area contributed by atoms with Crippen LogP contribution in [0.2, 0.25) is 0 Å². The topological polar surface area (TPSA) is 179 Å². The summed E-state index contributed by atoms with van der Waals surface area (Å²) >= 11 is 0. The summed E-state index contributed by atoms with van der Waals surface area (Å²) in [5.74, 6) is -7.00. The van der Waals surface area contributed by atoms with E-state index in [1.807, 2.05) is 0 Å². The molecule has 0 spiro atoms. The van der Waals surface area contributed by atoms with Crippen LogP contribution >= 0.6 is 0 Å². The van der Waals surface area contributed by atoms with Crippen molar-refractivity contribution in [3.8, 4) is 0 Å². The number of nitrogens with one attached hydrogen (secondary N) is 1. The van der Waals surface area contributed by atoms with Crippen molar-refractivity contribution < 1.29 is 61.9 Å². The van der Waals surface area contributed by atoms with E-state index in [2.05, 4.69) is 5.32 Å². The minimum atomic E-state index is -2.19. The molecule has 1 fully saturated rings. The Kier molecular flexibility index (Phi) is 11.1. The third-order valence-corrected chi connectivity index (χ3v) is 4.79. The Labute approximate surface area is 201 Å². The van der Waals surface area contributed by atoms with Gasteiger partial charge in [0.2, 0.25) is 5.91 Å². The third-order valence-electron chi connectivity index (χ3n) is 4.79. The molecule has 0 aromatic carbocycles. The summed E-state index contributed by atoms with van der Waals surface area (Å²) in [4.78, 5) is 71.8. The van der Waals surface area contributed by atoms with Crippen molar-refractivity contribution in [2.24, 2.45) is 0 Å². The molecule has 35 heavy (non-hydrogen) atoms. The lowest BCUT2D eigenvalue weighted by Crippen LogP contribution is -2.66. The van der Waals surface area contributed by atoms with Crippen molar-refractivity contribution in [3.63, 3.8) is 0 Å². The Morgan fingerprint density at radius 2 is 1.46 bits per heavy atom. The van der Waals surface area contributed by atoms with E-state index in [1.165, 1.54) is 6.92 Å². The largest absolute Gasteiger partial charge is 0.465 e. The Morgan fingerprint density at radius 3 is 1.89 bits per heavy atom. The molecule has 0 aliphatic carbocycles. The van der Waals surface area contributed by atoms with Gasteiger partial charge in [0.25, 0.3) is 5.79 Å². The van der Waals surface area contributed by atoms with E-state index in [9.17, 15) is 28.8 Å². The normalized spacial score (nSPS) is 25.3. The van der Waals surface area contributed by atoms with E-state index in [-0.39, 0.29) is 6.54 Å². The zero-order valence-corrected chi connectivity index (χ0v) is 20.6. The molecule has 1 rings (SSSR count). The molecule has 1 saturated heterocycles. The van der Waals surface area contributed by atoms with Gasteiger partial charge in [0.15, 0.2) is 18.3 Å². The number of esters is 5. The molecule has 1 amide bonds. The van der Waals surface area contributed by atoms with Gasteiger partial charge in [-0.2, -0.15) is 0 Å². The van der Waals surface area contributed by atoms with Crippen LogP contribution in [0.25, 0.3) is 0 Å². The van der Waals surface area contributed by atoms with E-state index >= 15 is 0 Å². The quantitative estimate of drug-likeness (QED) is 0.287. The highest BCUT2D eigenvalue weighted by atomic mass is 16.7. The monoisotopic (exact) mass is 505 g/mol. The predicted molar refractivity (Wildman–Crippen MR) is 112 cm³/mol. The van der Waals surface area contributed by atoms with Gasteiger partial charge in [-0.25, -0.2) is 4.79 Å². The molecule has 198 valence electrons. The maximum absolute atomic E-state index is 12.7. The van der Waals surface area contributed by atoms with E-state index in [4.69, 9.17) is 33.2 Å². The molecule has 0 aromatic heterocycles. The highest BCUT2D eigenvalue weighted by Gasteiger charge is 2.59. The number of ether oxygens (including phenoxy) is 7. The van der Waals surface area contributed by atoms with Gasteiger partial charge >= 0.3 is 29.8 Å². The van der Waals surface area contributed by atoms with Gasteiger partial charge in [0, 0.05) is 41.7 Å². The van der Waals surface area contributed by atoms with E-state index in [1.54, 1.807) is 0 Å². The van der Waals surface area contributed by atoms with Crippen molar-refractivity contribution >= 4 is 35.8 Å². The van der Waals surface area contributed by atoms with Gasteiger partial charge in [-0.1, -0.05) is 0 Å². The molecule has 1 heterocycles. The van der Waals surface area contributed by atoms with Crippen LogP contribution in [0.15, 0.2) is 0 Å². The first kappa shape index (κ1) is 29.8. The Balaban J connectivity index is 3.72. The number of carbonyl (C=O) groups is 6. The number of hydrogen-bond acceptors (Lipinski definition) is 13. The molecule has 1 N–H and O–H groups in total. The molecule has 14 heteroatoms. The molecule has 0 radical (unpaired) electrons. The van der Waals surface area contributed by atoms with Gasteiger partial charge in [-0.05, 0) is 0 Å². The molecule has 0 bridgehead atoms. The first-order chi connectivity index (χ1) is 16.3. The lowest BCUT2D eigenvalue weighted by atomic mass is 9.89. The van der Waals surface area contributed by atoms with Gasteiger partial charge in [0.1, 0.15) is 12.2 Å². The minimum Gasteiger partial charge on any atom is -0.465 e. The predicted octanol–water partition coefficient (Wildman–Crippen LogP) is -0.846. The highest BCUT2D eigenvalue weighted by molar-refractivity contribution is 5.78. The Hall–Kier alpha value is -3.26. The van der Waals surface area contributed by atoms with E-state index in [0.29, 0.717) is 0 Å². The van der Waals surface area contributed by atoms with Crippen LogP contribution in [-0.2, 0) is 61.9 Å². The van der Waals surface area contributed by atoms with E-state index in [0.717, 1.165) is 41.9 Å². The van der Waals surface area contributed by atoms with Crippen LogP contribution in [-0.4, -0.2) is 92.8 Å². The molecule has 14 nitrogen and oxygen atoms in total. The van der Waals surface area contributed by atoms with Crippen LogP contribution in [0.4, 0.5) is 0 Å². The average molecular weight is 505 g/mol. The molecule has 0 saturated carbocycles. The van der Waals surface area contributed by atoms with Crippen LogP contribution in [0.5, 0.6) is 0 Å². The SMILES string of the molecule is COC(=O)[C@@]1(OC)C[C@H](OC(C)=O)[C@@H](OC(C)=O)[C@H]([C@H](OC(C)=O)[C@@H](CNC(C)=O)OC(C)=O)O1. The summed E-state index contributed by atoms with van der Waals surface area (Å²) in [7, 11) is 2.18. The van der Waals surface area contributed by atoms with Gasteiger partial charge in [-0.3, -0.25) is 24.0 Å². The molecule has 1 aliphatic heterocycles. The first-order valence-electron chi connectivity index (χ1n) is 10.5. The molecule has 0 aromatic rings. The molecular formula is C21H31NO13. The first-order valence-corrected chi connectivity index (χ1v) is 10.5. The summed E-state index contributed by atoms with van der Waals surface area (Å²) in [6, 6.07) is 0. The zero-order valence-electron chi connectivity index (χ0n) is 20.6. The Morgan fingerprint density at radius 1 is 0.886 bits per heavy atom.